The Balaban J connectivity index is 1.57. The van der Waals surface area contributed by atoms with E-state index in [0.717, 1.165) is 36.3 Å². The second-order valence-electron chi connectivity index (χ2n) is 7.46. The van der Waals surface area contributed by atoms with E-state index in [9.17, 15) is 4.79 Å². The number of aromatic nitrogens is 1. The van der Waals surface area contributed by atoms with Crippen LogP contribution in [0.1, 0.15) is 5.56 Å². The predicted octanol–water partition coefficient (Wildman–Crippen LogP) is 7.31. The quantitative estimate of drug-likeness (QED) is 0.222. The van der Waals surface area contributed by atoms with E-state index in [1.165, 1.54) is 23.1 Å². The smallest absolute Gasteiger partial charge is 0.284 e. The van der Waals surface area contributed by atoms with Gasteiger partial charge in [0, 0.05) is 20.0 Å². The second-order valence-corrected chi connectivity index (χ2v) is 11.1. The summed E-state index contributed by atoms with van der Waals surface area (Å²) in [5.74, 6) is 1.18. The lowest BCUT2D eigenvalue weighted by Crippen LogP contribution is -2.28. The van der Waals surface area contributed by atoms with E-state index in [2.05, 4.69) is 64.1 Å². The highest BCUT2D eigenvalue weighted by molar-refractivity contribution is 9.10. The fourth-order valence-corrected chi connectivity index (χ4v) is 5.71. The molecule has 5 nitrogen and oxygen atoms in total. The summed E-state index contributed by atoms with van der Waals surface area (Å²) in [6, 6.07) is 26.2. The maximum Gasteiger partial charge on any atom is 0.287 e. The lowest BCUT2D eigenvalue weighted by molar-refractivity contribution is 0.244. The molecular formula is C25H18Br2N4OS2. The summed E-state index contributed by atoms with van der Waals surface area (Å²) in [6.45, 7) is 0.488. The molecule has 0 unspecified atom stereocenters. The van der Waals surface area contributed by atoms with E-state index in [1.54, 1.807) is 4.90 Å². The lowest BCUT2D eigenvalue weighted by atomic mass is 10.1. The third kappa shape index (κ3) is 5.12. The molecular weight excluding hydrogens is 596 g/mol. The molecule has 1 aromatic heterocycles. The Labute approximate surface area is 222 Å². The predicted molar refractivity (Wildman–Crippen MR) is 147 cm³/mol. The SMILES string of the molecule is O=C1SC/C(=N\N=c2/scc(-c3ccc(Br)cc3)n2-c2ccc(Br)cc2)N1Cc1ccccc1. The minimum atomic E-state index is 0.000297. The van der Waals surface area contributed by atoms with Gasteiger partial charge in [0.2, 0.25) is 4.80 Å². The topological polar surface area (TPSA) is 50.0 Å². The van der Waals surface area contributed by atoms with Crippen molar-refractivity contribution in [3.8, 4) is 16.9 Å². The number of thioether (sulfide) groups is 1. The molecule has 2 heterocycles. The van der Waals surface area contributed by atoms with Gasteiger partial charge in [-0.2, -0.15) is 0 Å². The van der Waals surface area contributed by atoms with Crippen LogP contribution in [0, 0.1) is 0 Å². The number of amides is 1. The summed E-state index contributed by atoms with van der Waals surface area (Å²) in [4.78, 5) is 14.9. The van der Waals surface area contributed by atoms with Crippen LogP contribution >= 0.6 is 55.0 Å². The van der Waals surface area contributed by atoms with Crippen LogP contribution in [0.15, 0.2) is 103 Å². The zero-order chi connectivity index (χ0) is 23.5. The van der Waals surface area contributed by atoms with Gasteiger partial charge in [0.05, 0.1) is 18.0 Å². The minimum Gasteiger partial charge on any atom is -0.284 e. The summed E-state index contributed by atoms with van der Waals surface area (Å²) >= 11 is 9.80. The Morgan fingerprint density at radius 3 is 2.24 bits per heavy atom. The molecule has 1 saturated heterocycles. The summed E-state index contributed by atoms with van der Waals surface area (Å²) in [5.41, 5.74) is 4.15. The number of hydrogen-bond donors (Lipinski definition) is 0. The molecule has 170 valence electrons. The number of halogens is 2. The molecule has 0 N–H and O–H groups in total. The van der Waals surface area contributed by atoms with Crippen molar-refractivity contribution in [2.45, 2.75) is 6.54 Å². The first-order valence-corrected chi connectivity index (χ1v) is 13.8. The van der Waals surface area contributed by atoms with E-state index in [-0.39, 0.29) is 5.24 Å². The molecule has 0 saturated carbocycles. The summed E-state index contributed by atoms with van der Waals surface area (Å²) in [5, 5.41) is 11.2. The van der Waals surface area contributed by atoms with Crippen LogP contribution in [-0.4, -0.2) is 26.3 Å². The first kappa shape index (κ1) is 23.3. The van der Waals surface area contributed by atoms with Crippen molar-refractivity contribution in [1.82, 2.24) is 9.47 Å². The molecule has 0 spiro atoms. The molecule has 9 heteroatoms. The number of amidine groups is 1. The van der Waals surface area contributed by atoms with Crippen molar-refractivity contribution in [2.75, 3.05) is 5.75 Å². The van der Waals surface area contributed by atoms with Crippen molar-refractivity contribution in [2.24, 2.45) is 10.2 Å². The van der Waals surface area contributed by atoms with Crippen LogP contribution in [0.5, 0.6) is 0 Å². The maximum atomic E-state index is 12.5. The third-order valence-electron chi connectivity index (χ3n) is 5.22. The van der Waals surface area contributed by atoms with E-state index >= 15 is 0 Å². The third-order valence-corrected chi connectivity index (χ3v) is 7.97. The Morgan fingerprint density at radius 1 is 0.853 bits per heavy atom. The average Bonchev–Trinajstić information content (AvgIpc) is 3.43. The molecule has 0 atom stereocenters. The van der Waals surface area contributed by atoms with Gasteiger partial charge in [-0.15, -0.1) is 21.5 Å². The van der Waals surface area contributed by atoms with Crippen molar-refractivity contribution in [3.05, 3.63) is 104 Å². The van der Waals surface area contributed by atoms with Gasteiger partial charge in [-0.25, -0.2) is 0 Å². The molecule has 1 aliphatic rings. The van der Waals surface area contributed by atoms with Crippen LogP contribution in [-0.2, 0) is 6.54 Å². The van der Waals surface area contributed by atoms with E-state index in [1.807, 2.05) is 66.7 Å². The van der Waals surface area contributed by atoms with Crippen molar-refractivity contribution >= 4 is 66.0 Å². The summed E-state index contributed by atoms with van der Waals surface area (Å²) < 4.78 is 4.13. The lowest BCUT2D eigenvalue weighted by Gasteiger charge is -2.15. The molecule has 1 fully saturated rings. The first-order chi connectivity index (χ1) is 16.6. The molecule has 0 radical (unpaired) electrons. The van der Waals surface area contributed by atoms with Crippen molar-refractivity contribution in [3.63, 3.8) is 0 Å². The zero-order valence-electron chi connectivity index (χ0n) is 17.8. The van der Waals surface area contributed by atoms with E-state index in [0.29, 0.717) is 18.1 Å². The molecule has 0 bridgehead atoms. The van der Waals surface area contributed by atoms with Crippen molar-refractivity contribution < 1.29 is 4.79 Å². The number of benzene rings is 3. The van der Waals surface area contributed by atoms with Gasteiger partial charge in [0.1, 0.15) is 5.84 Å². The number of rotatable bonds is 5. The molecule has 0 aliphatic carbocycles. The molecule has 4 aromatic rings. The van der Waals surface area contributed by atoms with Gasteiger partial charge in [-0.05, 0) is 47.5 Å². The highest BCUT2D eigenvalue weighted by Crippen LogP contribution is 2.26. The van der Waals surface area contributed by atoms with Gasteiger partial charge in [-0.3, -0.25) is 14.3 Å². The van der Waals surface area contributed by atoms with Gasteiger partial charge < -0.3 is 0 Å². The normalized spacial score (nSPS) is 15.5. The van der Waals surface area contributed by atoms with Gasteiger partial charge in [0.15, 0.2) is 0 Å². The largest absolute Gasteiger partial charge is 0.287 e. The fraction of sp³-hybridized carbons (Fsp3) is 0.0800. The highest BCUT2D eigenvalue weighted by Gasteiger charge is 2.28. The number of carbonyl (C=O) groups is 1. The number of nitrogens with zero attached hydrogens (tertiary/aromatic N) is 4. The summed E-state index contributed by atoms with van der Waals surface area (Å²) in [7, 11) is 0. The molecule has 1 aliphatic heterocycles. The van der Waals surface area contributed by atoms with E-state index < -0.39 is 0 Å². The van der Waals surface area contributed by atoms with E-state index in [4.69, 9.17) is 0 Å². The van der Waals surface area contributed by atoms with Crippen LogP contribution in [0.3, 0.4) is 0 Å². The average molecular weight is 614 g/mol. The molecule has 5 rings (SSSR count). The van der Waals surface area contributed by atoms with Gasteiger partial charge in [-0.1, -0.05) is 86.1 Å². The number of thiazole rings is 1. The zero-order valence-corrected chi connectivity index (χ0v) is 22.6. The Kier molecular flexibility index (Phi) is 7.15. The van der Waals surface area contributed by atoms with Gasteiger partial charge in [0.25, 0.3) is 5.24 Å². The Hall–Kier alpha value is -2.46. The minimum absolute atomic E-state index is 0.000297. The van der Waals surface area contributed by atoms with Crippen molar-refractivity contribution in [1.29, 1.82) is 0 Å². The molecule has 34 heavy (non-hydrogen) atoms. The molecule has 3 aromatic carbocycles. The van der Waals surface area contributed by atoms with Gasteiger partial charge >= 0.3 is 0 Å². The first-order valence-electron chi connectivity index (χ1n) is 10.4. The van der Waals surface area contributed by atoms with Crippen LogP contribution < -0.4 is 4.80 Å². The Morgan fingerprint density at radius 2 is 1.53 bits per heavy atom. The number of hydrogen-bond acceptors (Lipinski definition) is 5. The number of carbonyl (C=O) groups excluding carboxylic acids is 1. The standard InChI is InChI=1S/C25H18Br2N4OS2/c26-19-8-6-18(7-9-19)22-15-33-24(31(22)21-12-10-20(27)11-13-21)29-28-23-16-34-25(32)30(23)14-17-4-2-1-3-5-17/h1-13,15H,14,16H2/b28-23+,29-24-. The Bertz CT molecular complexity index is 1410. The second kappa shape index (κ2) is 10.4. The van der Waals surface area contributed by atoms with Crippen LogP contribution in [0.25, 0.3) is 16.9 Å². The monoisotopic (exact) mass is 612 g/mol. The highest BCUT2D eigenvalue weighted by atomic mass is 79.9. The molecule has 1 amide bonds. The van der Waals surface area contributed by atoms with Crippen LogP contribution in [0.2, 0.25) is 0 Å². The van der Waals surface area contributed by atoms with Crippen LogP contribution in [0.4, 0.5) is 4.79 Å². The summed E-state index contributed by atoms with van der Waals surface area (Å²) in [6.07, 6.45) is 0. The maximum absolute atomic E-state index is 12.5. The fourth-order valence-electron chi connectivity index (χ4n) is 3.54.